The Bertz CT molecular complexity index is 399. The van der Waals surface area contributed by atoms with Gasteiger partial charge in [-0.3, -0.25) is 4.90 Å². The van der Waals surface area contributed by atoms with Crippen LogP contribution in [0.15, 0.2) is 18.2 Å². The first-order valence-corrected chi connectivity index (χ1v) is 6.78. The zero-order chi connectivity index (χ0) is 13.1. The van der Waals surface area contributed by atoms with Crippen molar-refractivity contribution >= 4 is 0 Å². The Hall–Kier alpha value is -1.06. The SMILES string of the molecule is Cc1ccc(O)c(C(C(C)CO)N2CCCC2)c1. The van der Waals surface area contributed by atoms with Crippen molar-refractivity contribution in [3.05, 3.63) is 29.3 Å². The lowest BCUT2D eigenvalue weighted by atomic mass is 9.92. The van der Waals surface area contributed by atoms with Crippen molar-refractivity contribution < 1.29 is 10.2 Å². The van der Waals surface area contributed by atoms with Gasteiger partial charge >= 0.3 is 0 Å². The maximum Gasteiger partial charge on any atom is 0.120 e. The van der Waals surface area contributed by atoms with Gasteiger partial charge in [0.1, 0.15) is 5.75 Å². The van der Waals surface area contributed by atoms with Crippen LogP contribution in [0.3, 0.4) is 0 Å². The highest BCUT2D eigenvalue weighted by Crippen LogP contribution is 2.36. The van der Waals surface area contributed by atoms with Gasteiger partial charge in [0, 0.05) is 18.2 Å². The Labute approximate surface area is 109 Å². The van der Waals surface area contributed by atoms with Crippen LogP contribution in [0, 0.1) is 12.8 Å². The molecule has 1 heterocycles. The largest absolute Gasteiger partial charge is 0.508 e. The van der Waals surface area contributed by atoms with E-state index in [1.807, 2.05) is 26.0 Å². The van der Waals surface area contributed by atoms with Gasteiger partial charge in [-0.2, -0.15) is 0 Å². The second-order valence-electron chi connectivity index (χ2n) is 5.41. The van der Waals surface area contributed by atoms with Crippen molar-refractivity contribution in [2.24, 2.45) is 5.92 Å². The zero-order valence-corrected chi connectivity index (χ0v) is 11.3. The molecule has 1 aliphatic heterocycles. The number of nitrogens with zero attached hydrogens (tertiary/aromatic N) is 1. The van der Waals surface area contributed by atoms with Crippen molar-refractivity contribution in [2.45, 2.75) is 32.7 Å². The molecule has 2 atom stereocenters. The Morgan fingerprint density at radius 2 is 1.94 bits per heavy atom. The number of phenols is 1. The lowest BCUT2D eigenvalue weighted by Crippen LogP contribution is -2.32. The van der Waals surface area contributed by atoms with E-state index < -0.39 is 0 Å². The lowest BCUT2D eigenvalue weighted by Gasteiger charge is -2.32. The Morgan fingerprint density at radius 3 is 2.56 bits per heavy atom. The molecule has 0 bridgehead atoms. The number of aryl methyl sites for hydroxylation is 1. The van der Waals surface area contributed by atoms with Gasteiger partial charge in [0.15, 0.2) is 0 Å². The summed E-state index contributed by atoms with van der Waals surface area (Å²) in [5.74, 6) is 0.480. The van der Waals surface area contributed by atoms with Crippen LogP contribution in [0.5, 0.6) is 5.75 Å². The summed E-state index contributed by atoms with van der Waals surface area (Å²) in [6, 6.07) is 5.85. The van der Waals surface area contributed by atoms with Crippen molar-refractivity contribution in [3.63, 3.8) is 0 Å². The standard InChI is InChI=1S/C15H23NO2/c1-11-5-6-14(18)13(9-11)15(12(2)10-17)16-7-3-4-8-16/h5-6,9,12,15,17-18H,3-4,7-8,10H2,1-2H3. The third kappa shape index (κ3) is 2.68. The molecule has 2 N–H and O–H groups in total. The molecule has 2 rings (SSSR count). The molecule has 1 saturated heterocycles. The van der Waals surface area contributed by atoms with E-state index in [0.29, 0.717) is 5.75 Å². The quantitative estimate of drug-likeness (QED) is 0.861. The first-order valence-electron chi connectivity index (χ1n) is 6.78. The molecule has 3 heteroatoms. The van der Waals surface area contributed by atoms with Gasteiger partial charge in [-0.1, -0.05) is 24.6 Å². The summed E-state index contributed by atoms with van der Waals surface area (Å²) in [6.07, 6.45) is 2.42. The monoisotopic (exact) mass is 249 g/mol. The molecule has 0 saturated carbocycles. The molecule has 2 unspecified atom stereocenters. The fourth-order valence-corrected chi connectivity index (χ4v) is 2.89. The number of aromatic hydroxyl groups is 1. The molecule has 1 aromatic carbocycles. The molecule has 1 aromatic rings. The summed E-state index contributed by atoms with van der Waals surface area (Å²) in [7, 11) is 0. The first-order chi connectivity index (χ1) is 8.63. The molecular weight excluding hydrogens is 226 g/mol. The molecular formula is C15H23NO2. The summed E-state index contributed by atoms with van der Waals surface area (Å²) in [4.78, 5) is 2.38. The van der Waals surface area contributed by atoms with Crippen LogP contribution in [0.1, 0.15) is 36.9 Å². The summed E-state index contributed by atoms with van der Waals surface area (Å²) >= 11 is 0. The Morgan fingerprint density at radius 1 is 1.28 bits per heavy atom. The summed E-state index contributed by atoms with van der Waals surface area (Å²) in [5.41, 5.74) is 2.11. The van der Waals surface area contributed by atoms with E-state index in [2.05, 4.69) is 4.90 Å². The Kier molecular flexibility index (Phi) is 4.25. The van der Waals surface area contributed by atoms with Crippen molar-refractivity contribution in [3.8, 4) is 5.75 Å². The van der Waals surface area contributed by atoms with Crippen LogP contribution < -0.4 is 0 Å². The zero-order valence-electron chi connectivity index (χ0n) is 11.3. The average molecular weight is 249 g/mol. The third-order valence-electron chi connectivity index (χ3n) is 3.86. The van der Waals surface area contributed by atoms with Crippen molar-refractivity contribution in [2.75, 3.05) is 19.7 Å². The highest BCUT2D eigenvalue weighted by atomic mass is 16.3. The van der Waals surface area contributed by atoms with Crippen LogP contribution in [-0.4, -0.2) is 34.8 Å². The summed E-state index contributed by atoms with van der Waals surface area (Å²) in [6.45, 7) is 6.34. The molecule has 1 fully saturated rings. The van der Waals surface area contributed by atoms with Gasteiger partial charge in [-0.25, -0.2) is 0 Å². The van der Waals surface area contributed by atoms with E-state index >= 15 is 0 Å². The molecule has 0 aromatic heterocycles. The van der Waals surface area contributed by atoms with Gasteiger partial charge in [-0.15, -0.1) is 0 Å². The van der Waals surface area contributed by atoms with Crippen LogP contribution in [0.4, 0.5) is 0 Å². The van der Waals surface area contributed by atoms with Gasteiger partial charge in [0.25, 0.3) is 0 Å². The topological polar surface area (TPSA) is 43.7 Å². The van der Waals surface area contributed by atoms with E-state index in [1.54, 1.807) is 6.07 Å². The van der Waals surface area contributed by atoms with Crippen LogP contribution in [-0.2, 0) is 0 Å². The van der Waals surface area contributed by atoms with E-state index in [-0.39, 0.29) is 18.6 Å². The summed E-state index contributed by atoms with van der Waals surface area (Å²) in [5, 5.41) is 19.6. The maximum absolute atomic E-state index is 10.1. The minimum Gasteiger partial charge on any atom is -0.508 e. The molecule has 18 heavy (non-hydrogen) atoms. The fourth-order valence-electron chi connectivity index (χ4n) is 2.89. The van der Waals surface area contributed by atoms with Crippen molar-refractivity contribution in [1.82, 2.24) is 4.90 Å². The Balaban J connectivity index is 2.35. The molecule has 0 radical (unpaired) electrons. The highest BCUT2D eigenvalue weighted by Gasteiger charge is 2.29. The number of rotatable bonds is 4. The number of benzene rings is 1. The summed E-state index contributed by atoms with van der Waals surface area (Å²) < 4.78 is 0. The normalized spacial score (nSPS) is 19.9. The second kappa shape index (κ2) is 5.72. The predicted octanol–water partition coefficient (Wildman–Crippen LogP) is 2.47. The van der Waals surface area contributed by atoms with E-state index in [0.717, 1.165) is 24.2 Å². The average Bonchev–Trinajstić information content (AvgIpc) is 2.87. The molecule has 0 amide bonds. The third-order valence-corrected chi connectivity index (χ3v) is 3.86. The lowest BCUT2D eigenvalue weighted by molar-refractivity contribution is 0.124. The number of hydrogen-bond donors (Lipinski definition) is 2. The number of phenolic OH excluding ortho intramolecular Hbond substituents is 1. The smallest absolute Gasteiger partial charge is 0.120 e. The first kappa shape index (κ1) is 13.4. The van der Waals surface area contributed by atoms with Gasteiger partial charge in [0.05, 0.1) is 0 Å². The van der Waals surface area contributed by atoms with Gasteiger partial charge in [0.2, 0.25) is 0 Å². The minimum atomic E-state index is 0.123. The molecule has 0 spiro atoms. The minimum absolute atomic E-state index is 0.123. The highest BCUT2D eigenvalue weighted by molar-refractivity contribution is 5.38. The fraction of sp³-hybridized carbons (Fsp3) is 0.600. The number of aliphatic hydroxyl groups excluding tert-OH is 1. The molecule has 100 valence electrons. The van der Waals surface area contributed by atoms with Gasteiger partial charge < -0.3 is 10.2 Å². The second-order valence-corrected chi connectivity index (χ2v) is 5.41. The van der Waals surface area contributed by atoms with Crippen molar-refractivity contribution in [1.29, 1.82) is 0 Å². The van der Waals surface area contributed by atoms with Crippen LogP contribution >= 0.6 is 0 Å². The molecule has 1 aliphatic rings. The number of aliphatic hydroxyl groups is 1. The van der Waals surface area contributed by atoms with Crippen LogP contribution in [0.2, 0.25) is 0 Å². The molecule has 3 nitrogen and oxygen atoms in total. The van der Waals surface area contributed by atoms with E-state index in [4.69, 9.17) is 0 Å². The maximum atomic E-state index is 10.1. The molecule has 0 aliphatic carbocycles. The van der Waals surface area contributed by atoms with Gasteiger partial charge in [-0.05, 0) is 44.8 Å². The van der Waals surface area contributed by atoms with E-state index in [1.165, 1.54) is 12.8 Å². The number of likely N-dealkylation sites (tertiary alicyclic amines) is 1. The van der Waals surface area contributed by atoms with Crippen LogP contribution in [0.25, 0.3) is 0 Å². The van der Waals surface area contributed by atoms with E-state index in [9.17, 15) is 10.2 Å². The predicted molar refractivity (Wildman–Crippen MR) is 72.6 cm³/mol. The number of hydrogen-bond acceptors (Lipinski definition) is 3.